The van der Waals surface area contributed by atoms with Gasteiger partial charge in [-0.15, -0.1) is 0 Å². The molecule has 5 nitrogen and oxygen atoms in total. The second-order valence-corrected chi connectivity index (χ2v) is 7.07. The molecular weight excluding hydrogens is 292 g/mol. The molecule has 1 aliphatic heterocycles. The molecule has 2 amide bonds. The Bertz CT molecular complexity index is 585. The summed E-state index contributed by atoms with van der Waals surface area (Å²) in [5.41, 5.74) is 0.672. The lowest BCUT2D eigenvalue weighted by atomic mass is 9.79. The summed E-state index contributed by atoms with van der Waals surface area (Å²) >= 11 is 0. The van der Waals surface area contributed by atoms with Gasteiger partial charge < -0.3 is 15.3 Å². The van der Waals surface area contributed by atoms with Gasteiger partial charge in [0.05, 0.1) is 5.92 Å². The van der Waals surface area contributed by atoms with Crippen molar-refractivity contribution in [1.29, 1.82) is 0 Å². The van der Waals surface area contributed by atoms with Crippen molar-refractivity contribution in [3.05, 3.63) is 35.9 Å². The average Bonchev–Trinajstić information content (AvgIpc) is 3.32. The van der Waals surface area contributed by atoms with Crippen LogP contribution in [0.2, 0.25) is 0 Å². The zero-order valence-corrected chi connectivity index (χ0v) is 13.5. The fourth-order valence-electron chi connectivity index (χ4n) is 3.44. The first-order valence-electron chi connectivity index (χ1n) is 8.33. The van der Waals surface area contributed by atoms with Gasteiger partial charge in [0.25, 0.3) is 0 Å². The number of carboxylic acid groups (broad SMARTS) is 1. The van der Waals surface area contributed by atoms with Gasteiger partial charge in [0.2, 0.25) is 5.91 Å². The number of hydrogen-bond donors (Lipinski definition) is 2. The van der Waals surface area contributed by atoms with Crippen molar-refractivity contribution in [3.8, 4) is 0 Å². The van der Waals surface area contributed by atoms with Crippen molar-refractivity contribution in [2.75, 3.05) is 6.54 Å². The fourth-order valence-corrected chi connectivity index (χ4v) is 3.44. The number of carbonyl (C=O) groups is 2. The molecule has 2 fully saturated rings. The van der Waals surface area contributed by atoms with Crippen LogP contribution >= 0.6 is 0 Å². The van der Waals surface area contributed by atoms with Gasteiger partial charge in [-0.3, -0.25) is 4.79 Å². The van der Waals surface area contributed by atoms with Gasteiger partial charge >= 0.3 is 6.09 Å². The zero-order valence-electron chi connectivity index (χ0n) is 13.5. The van der Waals surface area contributed by atoms with Crippen LogP contribution in [-0.4, -0.2) is 40.1 Å². The van der Waals surface area contributed by atoms with Crippen LogP contribution in [0.5, 0.6) is 0 Å². The molecule has 1 saturated heterocycles. The number of benzene rings is 1. The van der Waals surface area contributed by atoms with E-state index < -0.39 is 11.6 Å². The summed E-state index contributed by atoms with van der Waals surface area (Å²) in [6.07, 6.45) is 3.28. The van der Waals surface area contributed by atoms with Crippen LogP contribution in [0, 0.1) is 5.92 Å². The molecular formula is C18H24N2O3. The van der Waals surface area contributed by atoms with Crippen molar-refractivity contribution in [3.63, 3.8) is 0 Å². The predicted octanol–water partition coefficient (Wildman–Crippen LogP) is 2.66. The highest BCUT2D eigenvalue weighted by molar-refractivity contribution is 5.80. The Morgan fingerprint density at radius 2 is 1.96 bits per heavy atom. The minimum Gasteiger partial charge on any atom is -0.465 e. The van der Waals surface area contributed by atoms with Gasteiger partial charge in [0.1, 0.15) is 0 Å². The van der Waals surface area contributed by atoms with Gasteiger partial charge in [0.15, 0.2) is 0 Å². The van der Waals surface area contributed by atoms with Crippen LogP contribution in [-0.2, 0) is 11.2 Å². The molecule has 2 atom stereocenters. The number of likely N-dealkylation sites (tertiary alicyclic amines) is 1. The SMILES string of the molecule is CC1(Cc2ccccc2)CCC(C(=O)NC2CC2)CN1C(=O)O. The van der Waals surface area contributed by atoms with Gasteiger partial charge in [-0.05, 0) is 44.6 Å². The Kier molecular flexibility index (Phi) is 4.28. The van der Waals surface area contributed by atoms with E-state index in [9.17, 15) is 14.7 Å². The Morgan fingerprint density at radius 1 is 1.26 bits per heavy atom. The maximum atomic E-state index is 12.3. The molecule has 1 heterocycles. The van der Waals surface area contributed by atoms with E-state index in [2.05, 4.69) is 5.32 Å². The Morgan fingerprint density at radius 3 is 2.57 bits per heavy atom. The summed E-state index contributed by atoms with van der Waals surface area (Å²) in [6.45, 7) is 2.28. The van der Waals surface area contributed by atoms with E-state index in [4.69, 9.17) is 0 Å². The van der Waals surface area contributed by atoms with Crippen molar-refractivity contribution in [2.45, 2.75) is 50.6 Å². The predicted molar refractivity (Wildman–Crippen MR) is 87.2 cm³/mol. The molecule has 2 unspecified atom stereocenters. The first-order valence-corrected chi connectivity index (χ1v) is 8.33. The van der Waals surface area contributed by atoms with Crippen molar-refractivity contribution in [1.82, 2.24) is 10.2 Å². The smallest absolute Gasteiger partial charge is 0.407 e. The summed E-state index contributed by atoms with van der Waals surface area (Å²) in [7, 11) is 0. The van der Waals surface area contributed by atoms with Crippen molar-refractivity contribution < 1.29 is 14.7 Å². The lowest BCUT2D eigenvalue weighted by molar-refractivity contribution is -0.127. The third-order valence-electron chi connectivity index (χ3n) is 5.04. The quantitative estimate of drug-likeness (QED) is 0.897. The van der Waals surface area contributed by atoms with E-state index in [1.165, 1.54) is 4.90 Å². The molecule has 2 aliphatic rings. The molecule has 0 spiro atoms. The molecule has 0 radical (unpaired) electrons. The van der Waals surface area contributed by atoms with Crippen LogP contribution in [0.25, 0.3) is 0 Å². The van der Waals surface area contributed by atoms with Gasteiger partial charge in [0, 0.05) is 18.1 Å². The Hall–Kier alpha value is -2.04. The normalized spacial score (nSPS) is 27.5. The largest absolute Gasteiger partial charge is 0.465 e. The first kappa shape index (κ1) is 15.8. The zero-order chi connectivity index (χ0) is 16.4. The number of nitrogens with one attached hydrogen (secondary N) is 1. The molecule has 1 aromatic carbocycles. The molecule has 5 heteroatoms. The number of piperidine rings is 1. The Labute approximate surface area is 136 Å². The maximum absolute atomic E-state index is 12.3. The molecule has 0 aromatic heterocycles. The molecule has 1 aromatic rings. The third kappa shape index (κ3) is 3.66. The van der Waals surface area contributed by atoms with Crippen LogP contribution in [0.1, 0.15) is 38.2 Å². The lowest BCUT2D eigenvalue weighted by Crippen LogP contribution is -2.57. The molecule has 1 saturated carbocycles. The second kappa shape index (κ2) is 6.22. The number of rotatable bonds is 4. The third-order valence-corrected chi connectivity index (χ3v) is 5.04. The minimum absolute atomic E-state index is 0.0144. The summed E-state index contributed by atoms with van der Waals surface area (Å²) < 4.78 is 0. The average molecular weight is 316 g/mol. The van der Waals surface area contributed by atoms with E-state index in [1.54, 1.807) is 0 Å². The van der Waals surface area contributed by atoms with Crippen molar-refractivity contribution >= 4 is 12.0 Å². The minimum atomic E-state index is -0.938. The van der Waals surface area contributed by atoms with Gasteiger partial charge in [-0.2, -0.15) is 0 Å². The number of amides is 2. The van der Waals surface area contributed by atoms with E-state index in [0.717, 1.165) is 24.8 Å². The number of carbonyl (C=O) groups excluding carboxylic acids is 1. The molecule has 23 heavy (non-hydrogen) atoms. The molecule has 1 aliphatic carbocycles. The summed E-state index contributed by atoms with van der Waals surface area (Å²) in [5.74, 6) is -0.212. The van der Waals surface area contributed by atoms with E-state index in [1.807, 2.05) is 37.3 Å². The summed E-state index contributed by atoms with van der Waals surface area (Å²) in [6, 6.07) is 10.3. The van der Waals surface area contributed by atoms with Gasteiger partial charge in [-0.1, -0.05) is 30.3 Å². The van der Waals surface area contributed by atoms with Gasteiger partial charge in [-0.25, -0.2) is 4.79 Å². The number of hydrogen-bond acceptors (Lipinski definition) is 2. The van der Waals surface area contributed by atoms with E-state index in [-0.39, 0.29) is 18.4 Å². The van der Waals surface area contributed by atoms with Crippen LogP contribution < -0.4 is 5.32 Å². The molecule has 124 valence electrons. The fraction of sp³-hybridized carbons (Fsp3) is 0.556. The lowest BCUT2D eigenvalue weighted by Gasteiger charge is -2.46. The van der Waals surface area contributed by atoms with Crippen molar-refractivity contribution in [2.24, 2.45) is 5.92 Å². The van der Waals surface area contributed by atoms with E-state index >= 15 is 0 Å². The van der Waals surface area contributed by atoms with Crippen LogP contribution in [0.3, 0.4) is 0 Å². The van der Waals surface area contributed by atoms with Crippen LogP contribution in [0.15, 0.2) is 30.3 Å². The monoisotopic (exact) mass is 316 g/mol. The second-order valence-electron chi connectivity index (χ2n) is 7.07. The summed E-state index contributed by atoms with van der Waals surface area (Å²) in [4.78, 5) is 25.5. The standard InChI is InChI=1S/C18H24N2O3/c1-18(11-13-5-3-2-4-6-13)10-9-14(12-20(18)17(22)23)16(21)19-15-7-8-15/h2-6,14-15H,7-12H2,1H3,(H,19,21)(H,22,23). The molecule has 2 N–H and O–H groups in total. The molecule has 3 rings (SSSR count). The Balaban J connectivity index is 1.71. The van der Waals surface area contributed by atoms with E-state index in [0.29, 0.717) is 18.9 Å². The van der Waals surface area contributed by atoms with Crippen LogP contribution in [0.4, 0.5) is 4.79 Å². The molecule has 0 bridgehead atoms. The highest BCUT2D eigenvalue weighted by atomic mass is 16.4. The highest BCUT2D eigenvalue weighted by Gasteiger charge is 2.43. The maximum Gasteiger partial charge on any atom is 0.407 e. The summed E-state index contributed by atoms with van der Waals surface area (Å²) in [5, 5.41) is 12.6. The highest BCUT2D eigenvalue weighted by Crippen LogP contribution is 2.34. The first-order chi connectivity index (χ1) is 11.0. The number of nitrogens with zero attached hydrogens (tertiary/aromatic N) is 1. The topological polar surface area (TPSA) is 69.6 Å².